The fraction of sp³-hybridized carbons (Fsp3) is 1.00. The second-order valence-electron chi connectivity index (χ2n) is 3.18. The van der Waals surface area contributed by atoms with Gasteiger partial charge in [0.2, 0.25) is 0 Å². The smallest absolute Gasteiger partial charge is 0.0693 e. The van der Waals surface area contributed by atoms with Crippen LogP contribution in [0.4, 0.5) is 0 Å². The van der Waals surface area contributed by atoms with E-state index in [1.54, 1.807) is 7.11 Å². The predicted octanol–water partition coefficient (Wildman–Crippen LogP) is 1.25. The third-order valence-electron chi connectivity index (χ3n) is 1.44. The van der Waals surface area contributed by atoms with E-state index in [4.69, 9.17) is 21.1 Å². The lowest BCUT2D eigenvalue weighted by Gasteiger charge is -2.11. The molecule has 13 heavy (non-hydrogen) atoms. The van der Waals surface area contributed by atoms with Crippen molar-refractivity contribution in [3.63, 3.8) is 0 Å². The average molecular weight is 210 g/mol. The highest BCUT2D eigenvalue weighted by molar-refractivity contribution is 6.20. The van der Waals surface area contributed by atoms with E-state index in [1.807, 2.05) is 13.8 Å². The van der Waals surface area contributed by atoms with E-state index >= 15 is 0 Å². The molecule has 0 aromatic heterocycles. The Morgan fingerprint density at radius 2 is 2.08 bits per heavy atom. The SMILES string of the molecule is COCC(Cl)CNCCOC(C)C. The van der Waals surface area contributed by atoms with Crippen molar-refractivity contribution < 1.29 is 9.47 Å². The molecule has 1 N–H and O–H groups in total. The van der Waals surface area contributed by atoms with Crippen LogP contribution in [-0.2, 0) is 9.47 Å². The standard InChI is InChI=1S/C9H20ClNO2/c1-8(2)13-5-4-11-6-9(10)7-12-3/h8-9,11H,4-7H2,1-3H3. The summed E-state index contributed by atoms with van der Waals surface area (Å²) in [5.74, 6) is 0. The van der Waals surface area contributed by atoms with Gasteiger partial charge in [-0.3, -0.25) is 0 Å². The fourth-order valence-corrected chi connectivity index (χ4v) is 1.10. The Morgan fingerprint density at radius 1 is 1.38 bits per heavy atom. The number of nitrogens with one attached hydrogen (secondary N) is 1. The first kappa shape index (κ1) is 13.2. The molecule has 0 saturated heterocycles. The normalized spacial score (nSPS) is 13.6. The number of alkyl halides is 1. The number of rotatable bonds is 8. The van der Waals surface area contributed by atoms with Gasteiger partial charge in [0.1, 0.15) is 0 Å². The number of hydrogen-bond donors (Lipinski definition) is 1. The third kappa shape index (κ3) is 10.1. The van der Waals surface area contributed by atoms with Crippen molar-refractivity contribution in [2.45, 2.75) is 25.3 Å². The van der Waals surface area contributed by atoms with Crippen molar-refractivity contribution in [1.29, 1.82) is 0 Å². The van der Waals surface area contributed by atoms with E-state index in [0.717, 1.165) is 19.7 Å². The monoisotopic (exact) mass is 209 g/mol. The Balaban J connectivity index is 3.06. The zero-order valence-corrected chi connectivity index (χ0v) is 9.43. The van der Waals surface area contributed by atoms with E-state index < -0.39 is 0 Å². The molecule has 1 atom stereocenters. The van der Waals surface area contributed by atoms with Gasteiger partial charge >= 0.3 is 0 Å². The van der Waals surface area contributed by atoms with Gasteiger partial charge in [0.25, 0.3) is 0 Å². The highest BCUT2D eigenvalue weighted by Crippen LogP contribution is 1.93. The van der Waals surface area contributed by atoms with Crippen LogP contribution in [0.1, 0.15) is 13.8 Å². The molecule has 0 aliphatic carbocycles. The predicted molar refractivity (Wildman–Crippen MR) is 55.5 cm³/mol. The molecule has 0 fully saturated rings. The van der Waals surface area contributed by atoms with Gasteiger partial charge in [-0.05, 0) is 13.8 Å². The van der Waals surface area contributed by atoms with E-state index in [-0.39, 0.29) is 5.38 Å². The van der Waals surface area contributed by atoms with Gasteiger partial charge < -0.3 is 14.8 Å². The molecule has 1 unspecified atom stereocenters. The lowest BCUT2D eigenvalue weighted by Crippen LogP contribution is -2.29. The summed E-state index contributed by atoms with van der Waals surface area (Å²) in [5, 5.41) is 3.23. The Bertz CT molecular complexity index is 112. The third-order valence-corrected chi connectivity index (χ3v) is 1.72. The van der Waals surface area contributed by atoms with Crippen LogP contribution in [0.2, 0.25) is 0 Å². The summed E-state index contributed by atoms with van der Waals surface area (Å²) >= 11 is 5.89. The second-order valence-corrected chi connectivity index (χ2v) is 3.79. The van der Waals surface area contributed by atoms with Crippen LogP contribution in [0.5, 0.6) is 0 Å². The summed E-state index contributed by atoms with van der Waals surface area (Å²) in [6, 6.07) is 0. The van der Waals surface area contributed by atoms with Crippen molar-refractivity contribution in [2.24, 2.45) is 0 Å². The molecule has 3 nitrogen and oxygen atoms in total. The molecule has 0 amide bonds. The van der Waals surface area contributed by atoms with Crippen LogP contribution in [0.15, 0.2) is 0 Å². The number of methoxy groups -OCH3 is 1. The van der Waals surface area contributed by atoms with Gasteiger partial charge in [0, 0.05) is 20.2 Å². The topological polar surface area (TPSA) is 30.5 Å². The second kappa shape index (κ2) is 8.75. The molecule has 0 radical (unpaired) electrons. The number of ether oxygens (including phenoxy) is 2. The summed E-state index contributed by atoms with van der Waals surface area (Å²) in [6.45, 7) is 6.96. The molecule has 0 aliphatic heterocycles. The average Bonchev–Trinajstić information content (AvgIpc) is 2.03. The minimum Gasteiger partial charge on any atom is -0.383 e. The maximum atomic E-state index is 5.89. The molecule has 0 heterocycles. The van der Waals surface area contributed by atoms with Gasteiger partial charge in [-0.25, -0.2) is 0 Å². The summed E-state index contributed by atoms with van der Waals surface area (Å²) in [5.41, 5.74) is 0. The van der Waals surface area contributed by atoms with Crippen LogP contribution >= 0.6 is 11.6 Å². The van der Waals surface area contributed by atoms with Gasteiger partial charge in [-0.1, -0.05) is 0 Å². The van der Waals surface area contributed by atoms with Crippen LogP contribution < -0.4 is 5.32 Å². The van der Waals surface area contributed by atoms with Crippen LogP contribution in [0.3, 0.4) is 0 Å². The largest absolute Gasteiger partial charge is 0.383 e. The first-order valence-corrected chi connectivity index (χ1v) is 5.05. The molecule has 0 rings (SSSR count). The Labute approximate surface area is 85.7 Å². The summed E-state index contributed by atoms with van der Waals surface area (Å²) in [4.78, 5) is 0. The van der Waals surface area contributed by atoms with Crippen molar-refractivity contribution in [3.8, 4) is 0 Å². The molecule has 0 spiro atoms. The Morgan fingerprint density at radius 3 is 2.62 bits per heavy atom. The van der Waals surface area contributed by atoms with E-state index in [1.165, 1.54) is 0 Å². The fourth-order valence-electron chi connectivity index (χ4n) is 0.865. The molecule has 80 valence electrons. The zero-order valence-electron chi connectivity index (χ0n) is 8.68. The minimum absolute atomic E-state index is 0.0454. The molecule has 0 saturated carbocycles. The lowest BCUT2D eigenvalue weighted by molar-refractivity contribution is 0.0806. The van der Waals surface area contributed by atoms with Crippen molar-refractivity contribution >= 4 is 11.6 Å². The number of halogens is 1. The summed E-state index contributed by atoms with van der Waals surface area (Å²) in [7, 11) is 1.65. The van der Waals surface area contributed by atoms with Crippen molar-refractivity contribution in [2.75, 3.05) is 33.4 Å². The highest BCUT2D eigenvalue weighted by atomic mass is 35.5. The van der Waals surface area contributed by atoms with Crippen molar-refractivity contribution in [3.05, 3.63) is 0 Å². The highest BCUT2D eigenvalue weighted by Gasteiger charge is 2.02. The van der Waals surface area contributed by atoms with E-state index in [0.29, 0.717) is 12.7 Å². The van der Waals surface area contributed by atoms with Crippen LogP contribution in [-0.4, -0.2) is 44.9 Å². The summed E-state index contributed by atoms with van der Waals surface area (Å²) < 4.78 is 10.2. The molecule has 4 heteroatoms. The zero-order chi connectivity index (χ0) is 10.1. The maximum absolute atomic E-state index is 5.89. The Kier molecular flexibility index (Phi) is 8.87. The van der Waals surface area contributed by atoms with Gasteiger partial charge in [0.15, 0.2) is 0 Å². The van der Waals surface area contributed by atoms with E-state index in [2.05, 4.69) is 5.32 Å². The number of hydrogen-bond acceptors (Lipinski definition) is 3. The maximum Gasteiger partial charge on any atom is 0.0693 e. The molecule has 0 aromatic carbocycles. The van der Waals surface area contributed by atoms with Gasteiger partial charge in [-0.15, -0.1) is 11.6 Å². The van der Waals surface area contributed by atoms with Crippen LogP contribution in [0, 0.1) is 0 Å². The van der Waals surface area contributed by atoms with Crippen molar-refractivity contribution in [1.82, 2.24) is 5.32 Å². The molecular formula is C9H20ClNO2. The Hall–Kier alpha value is 0.170. The molecule has 0 bridgehead atoms. The molecule has 0 aromatic rings. The first-order valence-electron chi connectivity index (χ1n) is 4.62. The molecular weight excluding hydrogens is 190 g/mol. The van der Waals surface area contributed by atoms with Gasteiger partial charge in [0.05, 0.1) is 24.7 Å². The minimum atomic E-state index is 0.0454. The lowest BCUT2D eigenvalue weighted by atomic mass is 10.4. The first-order chi connectivity index (χ1) is 6.16. The molecule has 0 aliphatic rings. The quantitative estimate of drug-likeness (QED) is 0.482. The summed E-state index contributed by atoms with van der Waals surface area (Å²) in [6.07, 6.45) is 0.299. The van der Waals surface area contributed by atoms with E-state index in [9.17, 15) is 0 Å². The van der Waals surface area contributed by atoms with Crippen LogP contribution in [0.25, 0.3) is 0 Å². The van der Waals surface area contributed by atoms with Gasteiger partial charge in [-0.2, -0.15) is 0 Å².